The molecule has 0 radical (unpaired) electrons. The average Bonchev–Trinajstić information content (AvgIpc) is 3.29. The second-order valence-corrected chi connectivity index (χ2v) is 12.7. The predicted molar refractivity (Wildman–Crippen MR) is 137 cm³/mol. The van der Waals surface area contributed by atoms with Crippen LogP contribution in [0.5, 0.6) is 0 Å². The van der Waals surface area contributed by atoms with Crippen molar-refractivity contribution < 1.29 is 8.42 Å². The summed E-state index contributed by atoms with van der Waals surface area (Å²) < 4.78 is 34.4. The summed E-state index contributed by atoms with van der Waals surface area (Å²) in [5.41, 5.74) is 0. The van der Waals surface area contributed by atoms with Crippen molar-refractivity contribution >= 4 is 37.5 Å². The highest BCUT2D eigenvalue weighted by molar-refractivity contribution is 7.90. The van der Waals surface area contributed by atoms with Gasteiger partial charge in [-0.15, -0.1) is 0 Å². The van der Waals surface area contributed by atoms with E-state index in [1.807, 2.05) is 0 Å². The molecule has 33 heavy (non-hydrogen) atoms. The van der Waals surface area contributed by atoms with Crippen LogP contribution in [0.25, 0.3) is 10.1 Å². The van der Waals surface area contributed by atoms with Gasteiger partial charge in [-0.1, -0.05) is 12.1 Å². The van der Waals surface area contributed by atoms with E-state index in [-0.39, 0.29) is 11.3 Å². The van der Waals surface area contributed by atoms with Gasteiger partial charge in [0.05, 0.1) is 9.95 Å². The van der Waals surface area contributed by atoms with E-state index < -0.39 is 10.0 Å². The van der Waals surface area contributed by atoms with Crippen LogP contribution in [0.3, 0.4) is 0 Å². The lowest BCUT2D eigenvalue weighted by atomic mass is 9.84. The van der Waals surface area contributed by atoms with E-state index in [1.54, 1.807) is 11.5 Å². The van der Waals surface area contributed by atoms with Gasteiger partial charge in [-0.3, -0.25) is 4.90 Å². The van der Waals surface area contributed by atoms with Crippen LogP contribution in [0.2, 0.25) is 0 Å². The number of piperazine rings is 1. The molecule has 0 bridgehead atoms. The van der Waals surface area contributed by atoms with Gasteiger partial charge in [-0.2, -0.15) is 4.37 Å². The number of hydrogen-bond acceptors (Lipinski definition) is 7. The van der Waals surface area contributed by atoms with Crippen LogP contribution in [0.4, 0.5) is 5.82 Å². The van der Waals surface area contributed by atoms with Crippen LogP contribution in [0, 0.1) is 5.92 Å². The smallest absolute Gasteiger partial charge is 0.214 e. The molecule has 2 aliphatic heterocycles. The Kier molecular flexibility index (Phi) is 7.51. The van der Waals surface area contributed by atoms with Crippen molar-refractivity contribution in [2.75, 3.05) is 50.7 Å². The van der Waals surface area contributed by atoms with E-state index in [0.29, 0.717) is 0 Å². The van der Waals surface area contributed by atoms with Gasteiger partial charge in [0.25, 0.3) is 0 Å². The van der Waals surface area contributed by atoms with Gasteiger partial charge in [-0.25, -0.2) is 13.1 Å². The maximum Gasteiger partial charge on any atom is 0.214 e. The van der Waals surface area contributed by atoms with Gasteiger partial charge >= 0.3 is 0 Å². The highest BCUT2D eigenvalue weighted by atomic mass is 32.2. The van der Waals surface area contributed by atoms with Crippen molar-refractivity contribution in [1.29, 1.82) is 0 Å². The van der Waals surface area contributed by atoms with Crippen molar-refractivity contribution in [2.45, 2.75) is 56.2 Å². The Morgan fingerprint density at radius 3 is 2.48 bits per heavy atom. The molecule has 0 atom stereocenters. The minimum atomic E-state index is -3.17. The molecular formula is C24H37N5O2S2. The number of anilines is 1. The Morgan fingerprint density at radius 2 is 1.73 bits per heavy atom. The maximum atomic E-state index is 12.7. The highest BCUT2D eigenvalue weighted by Gasteiger charge is 2.31. The zero-order valence-electron chi connectivity index (χ0n) is 19.4. The fourth-order valence-electron chi connectivity index (χ4n) is 5.65. The van der Waals surface area contributed by atoms with E-state index >= 15 is 0 Å². The molecule has 182 valence electrons. The molecular weight excluding hydrogens is 454 g/mol. The van der Waals surface area contributed by atoms with Crippen molar-refractivity contribution in [3.63, 3.8) is 0 Å². The van der Waals surface area contributed by atoms with Crippen LogP contribution in [-0.2, 0) is 10.0 Å². The molecule has 5 rings (SSSR count). The molecule has 1 saturated carbocycles. The van der Waals surface area contributed by atoms with Crippen molar-refractivity contribution in [3.8, 4) is 0 Å². The number of sulfonamides is 1. The lowest BCUT2D eigenvalue weighted by molar-refractivity contribution is 0.214. The zero-order valence-corrected chi connectivity index (χ0v) is 21.0. The average molecular weight is 492 g/mol. The Labute approximate surface area is 202 Å². The third-order valence-electron chi connectivity index (χ3n) is 7.79. The normalized spacial score (nSPS) is 26.1. The largest absolute Gasteiger partial charge is 0.353 e. The Bertz CT molecular complexity index is 1000. The summed E-state index contributed by atoms with van der Waals surface area (Å²) in [6.45, 7) is 7.05. The molecule has 3 fully saturated rings. The topological polar surface area (TPSA) is 77.6 Å². The minimum absolute atomic E-state index is 0.137. The molecule has 0 amide bonds. The first-order valence-electron chi connectivity index (χ1n) is 12.6. The standard InChI is InChI=1S/C24H37N5O2S2/c30-33(31,21-9-12-25-13-10-21)27-20-7-5-19(6-8-20)11-14-28-15-17-29(18-16-28)24-22-3-1-2-4-23(22)32-26-24/h1-4,19-21,25,27H,5-18H2/t19-,20+. The fourth-order valence-corrected chi connectivity index (χ4v) is 8.20. The van der Waals surface area contributed by atoms with Crippen LogP contribution in [0.15, 0.2) is 24.3 Å². The van der Waals surface area contributed by atoms with Crippen molar-refractivity contribution in [2.24, 2.45) is 5.92 Å². The van der Waals surface area contributed by atoms with E-state index in [1.165, 1.54) is 16.5 Å². The third-order valence-corrected chi connectivity index (χ3v) is 10.6. The summed E-state index contributed by atoms with van der Waals surface area (Å²) in [5, 5.41) is 4.32. The van der Waals surface area contributed by atoms with Gasteiger partial charge in [-0.05, 0) is 94.2 Å². The van der Waals surface area contributed by atoms with Crippen molar-refractivity contribution in [3.05, 3.63) is 24.3 Å². The maximum absolute atomic E-state index is 12.7. The summed E-state index contributed by atoms with van der Waals surface area (Å²) >= 11 is 1.60. The molecule has 2 aromatic rings. The van der Waals surface area contributed by atoms with Gasteiger partial charge in [0.15, 0.2) is 0 Å². The lowest BCUT2D eigenvalue weighted by Gasteiger charge is -2.36. The lowest BCUT2D eigenvalue weighted by Crippen LogP contribution is -2.47. The molecule has 0 unspecified atom stereocenters. The molecule has 3 heterocycles. The predicted octanol–water partition coefficient (Wildman–Crippen LogP) is 3.04. The summed E-state index contributed by atoms with van der Waals surface area (Å²) in [6.07, 6.45) is 6.95. The van der Waals surface area contributed by atoms with E-state index in [4.69, 9.17) is 4.37 Å². The molecule has 1 aromatic carbocycles. The van der Waals surface area contributed by atoms with E-state index in [0.717, 1.165) is 96.1 Å². The number of nitrogens with zero attached hydrogens (tertiary/aromatic N) is 3. The van der Waals surface area contributed by atoms with Crippen molar-refractivity contribution in [1.82, 2.24) is 19.3 Å². The first-order chi connectivity index (χ1) is 16.1. The fraction of sp³-hybridized carbons (Fsp3) is 0.708. The van der Waals surface area contributed by atoms with Crippen LogP contribution in [0.1, 0.15) is 44.9 Å². The van der Waals surface area contributed by atoms with Gasteiger partial charge in [0.2, 0.25) is 10.0 Å². The SMILES string of the molecule is O=S(=O)(N[C@H]1CC[C@@H](CCN2CCN(c3nsc4ccccc34)CC2)CC1)C1CCNCC1. The molecule has 0 spiro atoms. The van der Waals surface area contributed by atoms with Gasteiger partial charge in [0.1, 0.15) is 5.82 Å². The summed E-state index contributed by atoms with van der Waals surface area (Å²) in [7, 11) is -3.17. The number of rotatable bonds is 7. The third kappa shape index (κ3) is 5.70. The number of piperidine rings is 1. The summed E-state index contributed by atoms with van der Waals surface area (Å²) in [5.74, 6) is 1.88. The molecule has 7 nitrogen and oxygen atoms in total. The molecule has 9 heteroatoms. The molecule has 3 aliphatic rings. The van der Waals surface area contributed by atoms with Crippen LogP contribution >= 0.6 is 11.5 Å². The number of fused-ring (bicyclic) bond motifs is 1. The molecule has 1 aliphatic carbocycles. The summed E-state index contributed by atoms with van der Waals surface area (Å²) in [4.78, 5) is 5.03. The quantitative estimate of drug-likeness (QED) is 0.620. The van der Waals surface area contributed by atoms with Crippen LogP contribution in [-0.4, -0.2) is 74.8 Å². The molecule has 2 N–H and O–H groups in total. The Morgan fingerprint density at radius 1 is 1.00 bits per heavy atom. The highest BCUT2D eigenvalue weighted by Crippen LogP contribution is 2.31. The van der Waals surface area contributed by atoms with Gasteiger partial charge in [0, 0.05) is 37.6 Å². The van der Waals surface area contributed by atoms with E-state index in [9.17, 15) is 8.42 Å². The zero-order chi connectivity index (χ0) is 22.7. The number of nitrogens with one attached hydrogen (secondary N) is 2. The number of benzene rings is 1. The van der Waals surface area contributed by atoms with Gasteiger partial charge < -0.3 is 10.2 Å². The summed E-state index contributed by atoms with van der Waals surface area (Å²) in [6, 6.07) is 8.66. The van der Waals surface area contributed by atoms with Crippen LogP contribution < -0.4 is 14.9 Å². The Balaban J connectivity index is 1.02. The number of hydrogen-bond donors (Lipinski definition) is 2. The second kappa shape index (κ2) is 10.6. The molecule has 2 saturated heterocycles. The molecule has 1 aromatic heterocycles. The monoisotopic (exact) mass is 491 g/mol. The first-order valence-corrected chi connectivity index (χ1v) is 14.9. The Hall–Kier alpha value is -1.26. The minimum Gasteiger partial charge on any atom is -0.353 e. The number of aromatic nitrogens is 1. The van der Waals surface area contributed by atoms with E-state index in [2.05, 4.69) is 44.1 Å². The second-order valence-electron chi connectivity index (χ2n) is 9.95. The first kappa shape index (κ1) is 23.5.